The van der Waals surface area contributed by atoms with E-state index < -0.39 is 5.97 Å². The third-order valence-electron chi connectivity index (χ3n) is 3.84. The molecule has 0 aliphatic heterocycles. The lowest BCUT2D eigenvalue weighted by molar-refractivity contribution is -0.134. The van der Waals surface area contributed by atoms with E-state index in [4.69, 9.17) is 11.1 Å². The number of hydrogen-bond acceptors (Lipinski definition) is 4. The van der Waals surface area contributed by atoms with Crippen molar-refractivity contribution >= 4 is 17.7 Å². The number of rotatable bonds is 6. The summed E-state index contributed by atoms with van der Waals surface area (Å²) < 4.78 is 4.50. The van der Waals surface area contributed by atoms with Crippen LogP contribution in [0.25, 0.3) is 11.1 Å². The lowest BCUT2D eigenvalue weighted by Crippen LogP contribution is -2.26. The molecule has 0 radical (unpaired) electrons. The van der Waals surface area contributed by atoms with E-state index in [0.29, 0.717) is 17.7 Å². The minimum atomic E-state index is -0.453. The molecule has 0 unspecified atom stereocenters. The molecule has 0 spiro atoms. The predicted octanol–water partition coefficient (Wildman–Crippen LogP) is 2.44. The molecule has 3 N–H and O–H groups in total. The Hall–Kier alpha value is -3.41. The van der Waals surface area contributed by atoms with E-state index in [0.717, 1.165) is 11.1 Å². The van der Waals surface area contributed by atoms with Crippen LogP contribution in [0.2, 0.25) is 0 Å². The third-order valence-corrected chi connectivity index (χ3v) is 3.84. The highest BCUT2D eigenvalue weighted by molar-refractivity contribution is 5.96. The van der Waals surface area contributed by atoms with Crippen molar-refractivity contribution in [2.45, 2.75) is 0 Å². The Morgan fingerprint density at radius 3 is 2.00 bits per heavy atom. The number of ether oxygens (including phenoxy) is 1. The van der Waals surface area contributed by atoms with E-state index >= 15 is 0 Å². The Balaban J connectivity index is 2.06. The van der Waals surface area contributed by atoms with Crippen LogP contribution < -0.4 is 5.73 Å². The highest BCUT2D eigenvalue weighted by atomic mass is 16.5. The van der Waals surface area contributed by atoms with Gasteiger partial charge < -0.3 is 15.4 Å². The molecular formula is C20H21N3O3. The second-order valence-electron chi connectivity index (χ2n) is 5.68. The molecule has 0 fully saturated rings. The van der Waals surface area contributed by atoms with Crippen molar-refractivity contribution in [1.29, 1.82) is 5.41 Å². The average molecular weight is 351 g/mol. The number of nitrogen functional groups attached to an aromatic ring is 1. The van der Waals surface area contributed by atoms with Crippen LogP contribution in [-0.2, 0) is 9.53 Å². The molecule has 2 aromatic rings. The summed E-state index contributed by atoms with van der Waals surface area (Å²) in [5.74, 6) is -0.564. The van der Waals surface area contributed by atoms with Gasteiger partial charge in [0.05, 0.1) is 7.11 Å². The molecule has 2 rings (SSSR count). The van der Waals surface area contributed by atoms with Crippen molar-refractivity contribution < 1.29 is 14.3 Å². The second kappa shape index (κ2) is 8.62. The fourth-order valence-corrected chi connectivity index (χ4v) is 2.33. The van der Waals surface area contributed by atoms with Gasteiger partial charge in [0.1, 0.15) is 5.84 Å². The Labute approximate surface area is 152 Å². The number of nitrogens with one attached hydrogen (secondary N) is 1. The first kappa shape index (κ1) is 18.9. The SMILES string of the molecule is COC(=O)C=CCN(C)C(=O)c1ccc(-c2ccc(C(=N)N)cc2)cc1. The van der Waals surface area contributed by atoms with E-state index in [9.17, 15) is 9.59 Å². The summed E-state index contributed by atoms with van der Waals surface area (Å²) in [6, 6.07) is 14.6. The standard InChI is InChI=1S/C20H21N3O3/c1-23(13-3-4-18(24)26-2)20(25)17-11-7-15(8-12-17)14-5-9-16(10-6-14)19(21)22/h3-12H,13H2,1-2H3,(H3,21,22). The van der Waals surface area contributed by atoms with Gasteiger partial charge in [0.25, 0.3) is 5.91 Å². The van der Waals surface area contributed by atoms with Crippen LogP contribution in [0.1, 0.15) is 15.9 Å². The van der Waals surface area contributed by atoms with E-state index in [-0.39, 0.29) is 11.7 Å². The van der Waals surface area contributed by atoms with Crippen molar-refractivity contribution in [3.8, 4) is 11.1 Å². The minimum absolute atomic E-state index is 0.0294. The van der Waals surface area contributed by atoms with Gasteiger partial charge >= 0.3 is 5.97 Å². The van der Waals surface area contributed by atoms with Crippen LogP contribution in [0.15, 0.2) is 60.7 Å². The van der Waals surface area contributed by atoms with Gasteiger partial charge in [-0.15, -0.1) is 0 Å². The van der Waals surface area contributed by atoms with Crippen LogP contribution in [0.4, 0.5) is 0 Å². The predicted molar refractivity (Wildman–Crippen MR) is 101 cm³/mol. The molecule has 0 aliphatic carbocycles. The molecule has 6 heteroatoms. The van der Waals surface area contributed by atoms with E-state index in [1.165, 1.54) is 18.1 Å². The quantitative estimate of drug-likeness (QED) is 0.361. The molecule has 26 heavy (non-hydrogen) atoms. The number of methoxy groups -OCH3 is 1. The molecular weight excluding hydrogens is 330 g/mol. The largest absolute Gasteiger partial charge is 0.466 e. The van der Waals surface area contributed by atoms with Gasteiger partial charge in [0.15, 0.2) is 0 Å². The van der Waals surface area contributed by atoms with Crippen molar-refractivity contribution in [3.63, 3.8) is 0 Å². The first-order valence-corrected chi connectivity index (χ1v) is 7.97. The highest BCUT2D eigenvalue weighted by Gasteiger charge is 2.10. The highest BCUT2D eigenvalue weighted by Crippen LogP contribution is 2.20. The molecule has 0 bridgehead atoms. The number of amides is 1. The zero-order chi connectivity index (χ0) is 19.1. The maximum absolute atomic E-state index is 12.4. The number of esters is 1. The molecule has 2 aromatic carbocycles. The molecule has 6 nitrogen and oxygen atoms in total. The zero-order valence-electron chi connectivity index (χ0n) is 14.7. The number of benzene rings is 2. The smallest absolute Gasteiger partial charge is 0.330 e. The van der Waals surface area contributed by atoms with Crippen LogP contribution in [0.3, 0.4) is 0 Å². The molecule has 0 saturated carbocycles. The first-order chi connectivity index (χ1) is 12.4. The van der Waals surface area contributed by atoms with Gasteiger partial charge in [0, 0.05) is 30.8 Å². The summed E-state index contributed by atoms with van der Waals surface area (Å²) in [6.45, 7) is 0.308. The van der Waals surface area contributed by atoms with Crippen molar-refractivity contribution in [2.75, 3.05) is 20.7 Å². The maximum atomic E-state index is 12.4. The molecule has 0 atom stereocenters. The number of likely N-dealkylation sites (N-methyl/N-ethyl adjacent to an activating group) is 1. The number of nitrogens with two attached hydrogens (primary N) is 1. The lowest BCUT2D eigenvalue weighted by atomic mass is 10.0. The third kappa shape index (κ3) is 4.80. The van der Waals surface area contributed by atoms with E-state index in [1.54, 1.807) is 37.4 Å². The zero-order valence-corrected chi connectivity index (χ0v) is 14.7. The summed E-state index contributed by atoms with van der Waals surface area (Å²) >= 11 is 0. The monoisotopic (exact) mass is 351 g/mol. The minimum Gasteiger partial charge on any atom is -0.466 e. The summed E-state index contributed by atoms with van der Waals surface area (Å²) in [6.07, 6.45) is 2.87. The molecule has 0 saturated heterocycles. The van der Waals surface area contributed by atoms with E-state index in [1.807, 2.05) is 24.3 Å². The van der Waals surface area contributed by atoms with Gasteiger partial charge in [-0.2, -0.15) is 0 Å². The topological polar surface area (TPSA) is 96.5 Å². The van der Waals surface area contributed by atoms with Gasteiger partial charge in [-0.3, -0.25) is 10.2 Å². The maximum Gasteiger partial charge on any atom is 0.330 e. The average Bonchev–Trinajstić information content (AvgIpc) is 2.67. The first-order valence-electron chi connectivity index (χ1n) is 7.97. The summed E-state index contributed by atoms with van der Waals surface area (Å²) in [7, 11) is 2.97. The Bertz CT molecular complexity index is 824. The number of amidine groups is 1. The summed E-state index contributed by atoms with van der Waals surface area (Å²) in [5.41, 5.74) is 8.62. The second-order valence-corrected chi connectivity index (χ2v) is 5.68. The molecule has 1 amide bonds. The van der Waals surface area contributed by atoms with Crippen molar-refractivity contribution in [2.24, 2.45) is 5.73 Å². The molecule has 0 aliphatic rings. The summed E-state index contributed by atoms with van der Waals surface area (Å²) in [5, 5.41) is 7.41. The van der Waals surface area contributed by atoms with Gasteiger partial charge in [-0.1, -0.05) is 42.5 Å². The Kier molecular flexibility index (Phi) is 6.27. The van der Waals surface area contributed by atoms with Crippen LogP contribution in [0, 0.1) is 5.41 Å². The Morgan fingerprint density at radius 2 is 1.54 bits per heavy atom. The van der Waals surface area contributed by atoms with Crippen molar-refractivity contribution in [1.82, 2.24) is 4.90 Å². The molecule has 0 heterocycles. The van der Waals surface area contributed by atoms with E-state index in [2.05, 4.69) is 4.74 Å². The number of carbonyl (C=O) groups is 2. The van der Waals surface area contributed by atoms with Gasteiger partial charge in [-0.05, 0) is 23.3 Å². The summed E-state index contributed by atoms with van der Waals surface area (Å²) in [4.78, 5) is 24.9. The lowest BCUT2D eigenvalue weighted by Gasteiger charge is -2.15. The van der Waals surface area contributed by atoms with Crippen LogP contribution in [-0.4, -0.2) is 43.3 Å². The molecule has 134 valence electrons. The van der Waals surface area contributed by atoms with Crippen molar-refractivity contribution in [3.05, 3.63) is 71.8 Å². The number of hydrogen-bond donors (Lipinski definition) is 2. The van der Waals surface area contributed by atoms with Gasteiger partial charge in [0.2, 0.25) is 0 Å². The normalized spacial score (nSPS) is 10.5. The fraction of sp³-hybridized carbons (Fsp3) is 0.150. The number of nitrogens with zero attached hydrogens (tertiary/aromatic N) is 1. The number of carbonyl (C=O) groups excluding carboxylic acids is 2. The molecule has 0 aromatic heterocycles. The van der Waals surface area contributed by atoms with Crippen LogP contribution >= 0.6 is 0 Å². The van der Waals surface area contributed by atoms with Crippen LogP contribution in [0.5, 0.6) is 0 Å². The fourth-order valence-electron chi connectivity index (χ4n) is 2.33. The Morgan fingerprint density at radius 1 is 1.04 bits per heavy atom. The van der Waals surface area contributed by atoms with Gasteiger partial charge in [-0.25, -0.2) is 4.79 Å².